The van der Waals surface area contributed by atoms with E-state index in [-0.39, 0.29) is 6.04 Å². The average molecular weight is 302 g/mol. The first-order valence-corrected chi connectivity index (χ1v) is 8.00. The number of thioether (sulfide) groups is 1. The zero-order chi connectivity index (χ0) is 15.2. The number of aryl methyl sites for hydroxylation is 2. The first-order chi connectivity index (χ1) is 10.1. The molecule has 0 saturated heterocycles. The number of benzene rings is 1. The van der Waals surface area contributed by atoms with E-state index in [1.165, 1.54) is 11.1 Å². The average Bonchev–Trinajstić information content (AvgIpc) is 2.47. The summed E-state index contributed by atoms with van der Waals surface area (Å²) in [5.41, 5.74) is 3.56. The third-order valence-electron chi connectivity index (χ3n) is 3.32. The van der Waals surface area contributed by atoms with Gasteiger partial charge in [-0.15, -0.1) is 11.8 Å². The number of aromatic nitrogens is 1. The molecule has 1 unspecified atom stereocenters. The van der Waals surface area contributed by atoms with Crippen LogP contribution < -0.4 is 10.1 Å². The Kier molecular flexibility index (Phi) is 5.65. The van der Waals surface area contributed by atoms with Crippen LogP contribution in [-0.2, 0) is 0 Å². The molecule has 0 aliphatic carbocycles. The van der Waals surface area contributed by atoms with Gasteiger partial charge in [0.15, 0.2) is 0 Å². The first kappa shape index (κ1) is 15.9. The Hall–Kier alpha value is -1.52. The Morgan fingerprint density at radius 3 is 2.71 bits per heavy atom. The van der Waals surface area contributed by atoms with Crippen LogP contribution in [0, 0.1) is 13.8 Å². The van der Waals surface area contributed by atoms with Crippen molar-refractivity contribution in [2.24, 2.45) is 0 Å². The van der Waals surface area contributed by atoms with Gasteiger partial charge >= 0.3 is 0 Å². The number of hydrogen-bond donors (Lipinski definition) is 1. The summed E-state index contributed by atoms with van der Waals surface area (Å²) in [7, 11) is 3.68. The SMILES string of the molecule is CNC(CSc1cc(C)cc(C)n1)c1cccc(OC)c1. The van der Waals surface area contributed by atoms with Gasteiger partial charge in [0.25, 0.3) is 0 Å². The van der Waals surface area contributed by atoms with Gasteiger partial charge in [0.05, 0.1) is 12.1 Å². The molecule has 112 valence electrons. The number of ether oxygens (including phenoxy) is 1. The zero-order valence-corrected chi connectivity index (χ0v) is 13.8. The highest BCUT2D eigenvalue weighted by Gasteiger charge is 2.11. The topological polar surface area (TPSA) is 34.2 Å². The number of hydrogen-bond acceptors (Lipinski definition) is 4. The molecule has 21 heavy (non-hydrogen) atoms. The van der Waals surface area contributed by atoms with Gasteiger partial charge in [-0.2, -0.15) is 0 Å². The Bertz CT molecular complexity index is 581. The smallest absolute Gasteiger partial charge is 0.119 e. The van der Waals surface area contributed by atoms with Crippen molar-refractivity contribution in [1.29, 1.82) is 0 Å². The highest BCUT2D eigenvalue weighted by atomic mass is 32.2. The summed E-state index contributed by atoms with van der Waals surface area (Å²) in [6, 6.07) is 12.7. The van der Waals surface area contributed by atoms with Gasteiger partial charge in [0.2, 0.25) is 0 Å². The van der Waals surface area contributed by atoms with Crippen molar-refractivity contribution in [3.05, 3.63) is 53.2 Å². The summed E-state index contributed by atoms with van der Waals surface area (Å²) in [6.45, 7) is 4.14. The Labute approximate surface area is 131 Å². The summed E-state index contributed by atoms with van der Waals surface area (Å²) in [6.07, 6.45) is 0. The number of pyridine rings is 1. The summed E-state index contributed by atoms with van der Waals surface area (Å²) in [4.78, 5) is 4.58. The van der Waals surface area contributed by atoms with Crippen LogP contribution in [0.2, 0.25) is 0 Å². The number of rotatable bonds is 6. The van der Waals surface area contributed by atoms with E-state index in [0.29, 0.717) is 0 Å². The Morgan fingerprint density at radius 2 is 2.05 bits per heavy atom. The fraction of sp³-hybridized carbons (Fsp3) is 0.353. The molecule has 0 aliphatic rings. The van der Waals surface area contributed by atoms with Crippen molar-refractivity contribution in [2.75, 3.05) is 19.9 Å². The molecule has 0 saturated carbocycles. The van der Waals surface area contributed by atoms with E-state index >= 15 is 0 Å². The third kappa shape index (κ3) is 4.48. The summed E-state index contributed by atoms with van der Waals surface area (Å²) in [5.74, 6) is 1.82. The van der Waals surface area contributed by atoms with E-state index in [1.54, 1.807) is 18.9 Å². The maximum Gasteiger partial charge on any atom is 0.119 e. The largest absolute Gasteiger partial charge is 0.497 e. The lowest BCUT2D eigenvalue weighted by molar-refractivity contribution is 0.413. The molecule has 3 nitrogen and oxygen atoms in total. The monoisotopic (exact) mass is 302 g/mol. The van der Waals surface area contributed by atoms with Crippen molar-refractivity contribution in [3.8, 4) is 5.75 Å². The lowest BCUT2D eigenvalue weighted by atomic mass is 10.1. The zero-order valence-electron chi connectivity index (χ0n) is 13.0. The highest BCUT2D eigenvalue weighted by Crippen LogP contribution is 2.26. The van der Waals surface area contributed by atoms with Crippen LogP contribution in [0.25, 0.3) is 0 Å². The van der Waals surface area contributed by atoms with E-state index in [9.17, 15) is 0 Å². The van der Waals surface area contributed by atoms with Crippen LogP contribution in [0.15, 0.2) is 41.4 Å². The fourth-order valence-corrected chi connectivity index (χ4v) is 3.43. The standard InChI is InChI=1S/C17H22N2OS/c1-12-8-13(2)19-17(9-12)21-11-16(18-3)14-6-5-7-15(10-14)20-4/h5-10,16,18H,11H2,1-4H3. The fourth-order valence-electron chi connectivity index (χ4n) is 2.25. The predicted octanol–water partition coefficient (Wildman–Crippen LogP) is 3.76. The van der Waals surface area contributed by atoms with Crippen LogP contribution in [0.1, 0.15) is 22.9 Å². The second kappa shape index (κ2) is 7.48. The molecule has 0 amide bonds. The van der Waals surface area contributed by atoms with Gasteiger partial charge in [-0.3, -0.25) is 0 Å². The number of nitrogens with zero attached hydrogens (tertiary/aromatic N) is 1. The minimum atomic E-state index is 0.271. The Balaban J connectivity index is 2.08. The lowest BCUT2D eigenvalue weighted by Gasteiger charge is -2.17. The minimum absolute atomic E-state index is 0.271. The molecule has 0 spiro atoms. The van der Waals surface area contributed by atoms with Crippen molar-refractivity contribution >= 4 is 11.8 Å². The van der Waals surface area contributed by atoms with Crippen LogP contribution in [-0.4, -0.2) is 24.9 Å². The Morgan fingerprint density at radius 1 is 1.24 bits per heavy atom. The molecule has 0 aliphatic heterocycles. The van der Waals surface area contributed by atoms with Gasteiger partial charge in [0, 0.05) is 17.5 Å². The molecule has 1 N–H and O–H groups in total. The van der Waals surface area contributed by atoms with Crippen LogP contribution in [0.4, 0.5) is 0 Å². The van der Waals surface area contributed by atoms with Gasteiger partial charge in [-0.25, -0.2) is 4.98 Å². The molecular weight excluding hydrogens is 280 g/mol. The van der Waals surface area contributed by atoms with Gasteiger partial charge in [-0.1, -0.05) is 12.1 Å². The molecule has 0 radical (unpaired) electrons. The van der Waals surface area contributed by atoms with Gasteiger partial charge in [0.1, 0.15) is 5.75 Å². The summed E-state index contributed by atoms with van der Waals surface area (Å²) >= 11 is 1.78. The molecule has 1 heterocycles. The molecular formula is C17H22N2OS. The number of nitrogens with one attached hydrogen (secondary N) is 1. The van der Waals surface area contributed by atoms with Gasteiger partial charge in [-0.05, 0) is 56.3 Å². The van der Waals surface area contributed by atoms with E-state index in [2.05, 4.69) is 41.5 Å². The van der Waals surface area contributed by atoms with E-state index in [4.69, 9.17) is 4.74 Å². The number of methoxy groups -OCH3 is 1. The van der Waals surface area contributed by atoms with Gasteiger partial charge < -0.3 is 10.1 Å². The minimum Gasteiger partial charge on any atom is -0.497 e. The molecule has 1 atom stereocenters. The van der Waals surface area contributed by atoms with Crippen LogP contribution >= 0.6 is 11.8 Å². The lowest BCUT2D eigenvalue weighted by Crippen LogP contribution is -2.18. The maximum absolute atomic E-state index is 5.30. The van der Waals surface area contributed by atoms with E-state index in [0.717, 1.165) is 22.2 Å². The van der Waals surface area contributed by atoms with Crippen LogP contribution in [0.3, 0.4) is 0 Å². The first-order valence-electron chi connectivity index (χ1n) is 7.01. The molecule has 2 aromatic rings. The summed E-state index contributed by atoms with van der Waals surface area (Å²) < 4.78 is 5.30. The van der Waals surface area contributed by atoms with Crippen molar-refractivity contribution in [1.82, 2.24) is 10.3 Å². The molecule has 2 rings (SSSR count). The second-order valence-electron chi connectivity index (χ2n) is 5.05. The van der Waals surface area contributed by atoms with E-state index in [1.807, 2.05) is 26.1 Å². The highest BCUT2D eigenvalue weighted by molar-refractivity contribution is 7.99. The molecule has 1 aromatic heterocycles. The maximum atomic E-state index is 5.30. The van der Waals surface area contributed by atoms with Crippen LogP contribution in [0.5, 0.6) is 5.75 Å². The molecule has 0 fully saturated rings. The van der Waals surface area contributed by atoms with Crippen molar-refractivity contribution in [3.63, 3.8) is 0 Å². The predicted molar refractivity (Wildman–Crippen MR) is 89.2 cm³/mol. The second-order valence-corrected chi connectivity index (χ2v) is 6.09. The normalized spacial score (nSPS) is 12.2. The van der Waals surface area contributed by atoms with Crippen molar-refractivity contribution in [2.45, 2.75) is 24.9 Å². The molecule has 1 aromatic carbocycles. The molecule has 4 heteroatoms. The summed E-state index contributed by atoms with van der Waals surface area (Å²) in [5, 5.41) is 4.44. The third-order valence-corrected chi connectivity index (χ3v) is 4.32. The van der Waals surface area contributed by atoms with Crippen molar-refractivity contribution < 1.29 is 4.74 Å². The molecule has 0 bridgehead atoms. The quantitative estimate of drug-likeness (QED) is 0.824. The van der Waals surface area contributed by atoms with E-state index < -0.39 is 0 Å².